The first-order valence-corrected chi connectivity index (χ1v) is 59.7. The maximum Gasteiger partial charge on any atom is 0.143 e. The number of benzene rings is 15. The highest BCUT2D eigenvalue weighted by Crippen LogP contribution is 2.60. The molecule has 4 aliphatic carbocycles. The maximum absolute atomic E-state index is 7.26. The van der Waals surface area contributed by atoms with Gasteiger partial charge in [-0.05, 0) is 251 Å². The second kappa shape index (κ2) is 37.5. The summed E-state index contributed by atoms with van der Waals surface area (Å²) in [4.78, 5) is 0. The van der Waals surface area contributed by atoms with Crippen LogP contribution in [-0.2, 0) is 21.7 Å². The Bertz CT molecular complexity index is 7480. The SMILES string of the molecule is CCCCCCCCC1(CCCCCCCC)c2ccccc2-c2ccc(-c3ccc4c(c3)C(C)(C)c3cc(-c5ccc(-c6cc([SiH](C)C)c(-c7ccc8c(c7)[Si](C)(C)c7cc(-c9ccc(-c%10ccc%11c(c%10)C(C)(C)c%10cc(-c%12ccc%13c(c%12)C(CCCCCCCC)(CCCCCCCC)c%12ccccc%12-%13)ccc%10-%11)cc9)c9oc%10ccccc%10c9c7-8)c7c6oc6ccccc67)cc5)ccc3-4)cc21. The van der Waals surface area contributed by atoms with E-state index >= 15 is 0 Å². The first-order chi connectivity index (χ1) is 67.3. The molecule has 0 atom stereocenters. The highest BCUT2D eigenvalue weighted by Gasteiger charge is 2.47. The fourth-order valence-corrected chi connectivity index (χ4v) is 31.1. The first kappa shape index (κ1) is 91.4. The minimum atomic E-state index is -2.44. The molecule has 1 aliphatic heterocycles. The molecule has 4 heteroatoms. The Hall–Kier alpha value is -11.7. The lowest BCUT2D eigenvalue weighted by Gasteiger charge is -2.33. The minimum absolute atomic E-state index is 0.0407. The van der Waals surface area contributed by atoms with Crippen molar-refractivity contribution in [3.8, 4) is 134 Å². The quantitative estimate of drug-likeness (QED) is 0.0289. The Morgan fingerprint density at radius 1 is 0.239 bits per heavy atom. The normalized spacial score (nSPS) is 14.8. The van der Waals surface area contributed by atoms with Crippen molar-refractivity contribution >= 4 is 76.3 Å². The predicted octanol–water partition coefficient (Wildman–Crippen LogP) is 37.8. The van der Waals surface area contributed by atoms with Gasteiger partial charge in [0.15, 0.2) is 0 Å². The van der Waals surface area contributed by atoms with Crippen LogP contribution in [0.2, 0.25) is 26.2 Å². The van der Waals surface area contributed by atoms with Crippen LogP contribution in [0.15, 0.2) is 294 Å². The van der Waals surface area contributed by atoms with Gasteiger partial charge in [-0.1, -0.05) is 477 Å². The molecule has 696 valence electrons. The van der Waals surface area contributed by atoms with E-state index in [-0.39, 0.29) is 21.7 Å². The molecule has 0 bridgehead atoms. The third-order valence-electron chi connectivity index (χ3n) is 34.3. The Kier molecular flexibility index (Phi) is 24.8. The van der Waals surface area contributed by atoms with Crippen molar-refractivity contribution in [3.63, 3.8) is 0 Å². The van der Waals surface area contributed by atoms with Crippen molar-refractivity contribution in [2.45, 2.75) is 283 Å². The van der Waals surface area contributed by atoms with Gasteiger partial charge in [-0.25, -0.2) is 0 Å². The zero-order valence-corrected chi connectivity index (χ0v) is 86.5. The maximum atomic E-state index is 7.26. The standard InChI is InChI=1S/C134H140O2Si2/c1-13-17-21-25-29-41-75-133(76-42-30-26-22-18-14-2)112-49-37-33-45-99(112)105-72-65-96(83-118(105)133)94-63-70-103-101-68-61-92(79-114(101)131(5,6)116(103)81-94)88-53-57-90(58-54-88)110-86-122(137(9)10)125(127-107-47-35-39-51-120(107)135-129(110)127)98-67-74-109-123(85-98)138(11,12)124-87-111(130-128(126(109)124)108-48-36-40-52-121(108)136-130)91-59-55-89(56-60-91)93-62-69-102-104-71-64-95(82-117(104)132(7,8)115(102)80-93)97-66-73-106-100-46-34-38-50-113(100)134(119(106)84-97,77-43-31-27-23-19-15-3)78-44-32-28-24-20-16-4/h33-40,45-74,79-87,137H,13-32,41-44,75-78H2,1-12H3. The molecule has 0 N–H and O–H groups in total. The largest absolute Gasteiger partial charge is 0.455 e. The van der Waals surface area contributed by atoms with E-state index in [4.69, 9.17) is 8.83 Å². The summed E-state index contributed by atoms with van der Waals surface area (Å²) in [6.45, 7) is 29.4. The van der Waals surface area contributed by atoms with Gasteiger partial charge in [0, 0.05) is 54.3 Å². The van der Waals surface area contributed by atoms with E-state index in [2.05, 4.69) is 367 Å². The van der Waals surface area contributed by atoms with Crippen LogP contribution >= 0.6 is 0 Å². The van der Waals surface area contributed by atoms with Gasteiger partial charge in [0.2, 0.25) is 0 Å². The average molecular weight is 1840 g/mol. The van der Waals surface area contributed by atoms with Gasteiger partial charge in [0.25, 0.3) is 0 Å². The van der Waals surface area contributed by atoms with Crippen LogP contribution in [0.5, 0.6) is 0 Å². The molecule has 22 rings (SSSR count). The number of hydrogen-bond donors (Lipinski definition) is 0. The molecular formula is C134H140O2Si2. The molecule has 0 saturated carbocycles. The van der Waals surface area contributed by atoms with Crippen molar-refractivity contribution < 1.29 is 8.83 Å². The lowest BCUT2D eigenvalue weighted by Crippen LogP contribution is -2.49. The summed E-state index contributed by atoms with van der Waals surface area (Å²) in [6.07, 6.45) is 36.6. The molecule has 0 saturated heterocycles. The Balaban J connectivity index is 0.542. The molecule has 138 heavy (non-hydrogen) atoms. The summed E-state index contributed by atoms with van der Waals surface area (Å²) in [7, 11) is -3.99. The van der Waals surface area contributed by atoms with E-state index in [0.29, 0.717) is 0 Å². The van der Waals surface area contributed by atoms with Crippen LogP contribution < -0.4 is 15.6 Å². The van der Waals surface area contributed by atoms with Gasteiger partial charge in [-0.3, -0.25) is 0 Å². The van der Waals surface area contributed by atoms with Crippen LogP contribution in [-0.4, -0.2) is 16.9 Å². The highest BCUT2D eigenvalue weighted by molar-refractivity contribution is 7.04. The van der Waals surface area contributed by atoms with E-state index < -0.39 is 16.9 Å². The first-order valence-electron chi connectivity index (χ1n) is 53.8. The second-order valence-corrected chi connectivity index (χ2v) is 51.4. The molecule has 3 heterocycles. The molecule has 0 spiro atoms. The molecule has 0 fully saturated rings. The number of fused-ring (bicyclic) bond motifs is 22. The van der Waals surface area contributed by atoms with Crippen LogP contribution in [0, 0.1) is 0 Å². The van der Waals surface area contributed by atoms with Gasteiger partial charge < -0.3 is 8.83 Å². The van der Waals surface area contributed by atoms with Gasteiger partial charge in [-0.15, -0.1) is 0 Å². The summed E-state index contributed by atoms with van der Waals surface area (Å²) in [5, 5.41) is 9.18. The van der Waals surface area contributed by atoms with Crippen molar-refractivity contribution in [2.75, 3.05) is 0 Å². The Labute approximate surface area is 825 Å². The third kappa shape index (κ3) is 15.7. The predicted molar refractivity (Wildman–Crippen MR) is 599 cm³/mol. The van der Waals surface area contributed by atoms with Crippen molar-refractivity contribution in [3.05, 3.63) is 330 Å². The summed E-state index contributed by atoms with van der Waals surface area (Å²) in [5.74, 6) is 0. The summed E-state index contributed by atoms with van der Waals surface area (Å²) < 4.78 is 14.5. The Morgan fingerprint density at radius 2 is 0.529 bits per heavy atom. The van der Waals surface area contributed by atoms with E-state index in [1.807, 2.05) is 0 Å². The van der Waals surface area contributed by atoms with Crippen LogP contribution in [0.3, 0.4) is 0 Å². The Morgan fingerprint density at radius 3 is 0.913 bits per heavy atom. The second-order valence-electron chi connectivity index (χ2n) is 44.2. The van der Waals surface area contributed by atoms with E-state index in [0.717, 1.165) is 33.5 Å². The fraction of sp³-hybridized carbons (Fsp3) is 0.328. The zero-order chi connectivity index (χ0) is 94.4. The van der Waals surface area contributed by atoms with Gasteiger partial charge in [0.1, 0.15) is 30.4 Å². The van der Waals surface area contributed by atoms with Crippen LogP contribution in [0.1, 0.15) is 280 Å². The van der Waals surface area contributed by atoms with Gasteiger partial charge in [-0.2, -0.15) is 0 Å². The summed E-state index contributed by atoms with van der Waals surface area (Å²) in [5.41, 5.74) is 46.8. The van der Waals surface area contributed by atoms with Gasteiger partial charge >= 0.3 is 0 Å². The fourth-order valence-electron chi connectivity index (χ4n) is 26.7. The molecule has 2 nitrogen and oxygen atoms in total. The van der Waals surface area contributed by atoms with E-state index in [9.17, 15) is 0 Å². The lowest BCUT2D eigenvalue weighted by molar-refractivity contribution is 0.398. The topological polar surface area (TPSA) is 26.3 Å². The number of furan rings is 2. The summed E-state index contributed by atoms with van der Waals surface area (Å²) >= 11 is 0. The van der Waals surface area contributed by atoms with Crippen molar-refractivity contribution in [2.24, 2.45) is 0 Å². The molecule has 5 aliphatic rings. The molecule has 17 aromatic rings. The molecule has 15 aromatic carbocycles. The number of hydrogen-bond acceptors (Lipinski definition) is 2. The van der Waals surface area contributed by atoms with Gasteiger partial charge in [0.05, 0.1) is 8.80 Å². The monoisotopic (exact) mass is 1840 g/mol. The van der Waals surface area contributed by atoms with E-state index in [1.165, 1.54) is 362 Å². The van der Waals surface area contributed by atoms with Crippen LogP contribution in [0.25, 0.3) is 177 Å². The molecule has 0 amide bonds. The minimum Gasteiger partial charge on any atom is -0.455 e. The van der Waals surface area contributed by atoms with Crippen LogP contribution in [0.4, 0.5) is 0 Å². The number of rotatable bonds is 36. The molecular weight excluding hydrogens is 1700 g/mol. The molecule has 0 radical (unpaired) electrons. The lowest BCUT2D eigenvalue weighted by atomic mass is 9.70. The highest BCUT2D eigenvalue weighted by atomic mass is 28.3. The summed E-state index contributed by atoms with van der Waals surface area (Å²) in [6, 6.07) is 113. The molecule has 0 unspecified atom stereocenters. The van der Waals surface area contributed by atoms with E-state index in [1.54, 1.807) is 22.3 Å². The number of para-hydroxylation sites is 2. The smallest absolute Gasteiger partial charge is 0.143 e. The average Bonchev–Trinajstić information content (AvgIpc) is 1.55. The van der Waals surface area contributed by atoms with Crippen molar-refractivity contribution in [1.82, 2.24) is 0 Å². The van der Waals surface area contributed by atoms with Crippen molar-refractivity contribution in [1.29, 1.82) is 0 Å². The third-order valence-corrected chi connectivity index (χ3v) is 39.5. The molecule has 2 aromatic heterocycles. The number of unbranched alkanes of at least 4 members (excludes halogenated alkanes) is 20. The zero-order valence-electron chi connectivity index (χ0n) is 84.3.